The molecule has 0 heterocycles. The van der Waals surface area contributed by atoms with Crippen LogP contribution in [0, 0.1) is 0 Å². The minimum atomic E-state index is -0.604. The van der Waals surface area contributed by atoms with Crippen LogP contribution in [0.5, 0.6) is 5.75 Å². The number of hydrogen-bond acceptors (Lipinski definition) is 5. The van der Waals surface area contributed by atoms with Crippen LogP contribution in [0.15, 0.2) is 85.0 Å². The van der Waals surface area contributed by atoms with Crippen molar-refractivity contribution >= 4 is 11.9 Å². The molecule has 6 heteroatoms. The maximum Gasteiger partial charge on any atom is 0.335 e. The van der Waals surface area contributed by atoms with E-state index in [0.717, 1.165) is 51.4 Å². The van der Waals surface area contributed by atoms with Crippen LogP contribution in [0.2, 0.25) is 0 Å². The molecule has 0 aliphatic carbocycles. The highest BCUT2D eigenvalue weighted by atomic mass is 16.6. The molecule has 0 aliphatic rings. The van der Waals surface area contributed by atoms with Crippen LogP contribution in [0.4, 0.5) is 0 Å². The summed E-state index contributed by atoms with van der Waals surface area (Å²) in [7, 11) is 0. The van der Waals surface area contributed by atoms with E-state index >= 15 is 0 Å². The topological polar surface area (TPSA) is 84.9 Å². The van der Waals surface area contributed by atoms with E-state index < -0.39 is 18.0 Å². The second-order valence-electron chi connectivity index (χ2n) is 8.91. The minimum Gasteiger partial charge on any atom is -0.507 e. The molecule has 0 fully saturated rings. The molecule has 2 N–H and O–H groups in total. The van der Waals surface area contributed by atoms with Gasteiger partial charge in [0.05, 0.1) is 12.1 Å². The molecule has 0 aliphatic heterocycles. The van der Waals surface area contributed by atoms with Crippen molar-refractivity contribution in [3.05, 3.63) is 90.6 Å². The maximum absolute atomic E-state index is 12.2. The van der Waals surface area contributed by atoms with Gasteiger partial charge in [-0.25, -0.2) is 4.79 Å². The van der Waals surface area contributed by atoms with Gasteiger partial charge >= 0.3 is 5.97 Å². The molecule has 0 unspecified atom stereocenters. The average Bonchev–Trinajstić information content (AvgIpc) is 2.94. The van der Waals surface area contributed by atoms with Crippen molar-refractivity contribution in [1.82, 2.24) is 5.32 Å². The smallest absolute Gasteiger partial charge is 0.335 e. The Kier molecular flexibility index (Phi) is 20.5. The van der Waals surface area contributed by atoms with E-state index in [1.807, 2.05) is 6.92 Å². The summed E-state index contributed by atoms with van der Waals surface area (Å²) in [5, 5.41) is 12.3. The van der Waals surface area contributed by atoms with Crippen LogP contribution in [0.1, 0.15) is 82.0 Å². The molecule has 0 aromatic heterocycles. The van der Waals surface area contributed by atoms with E-state index in [1.165, 1.54) is 12.1 Å². The van der Waals surface area contributed by atoms with Crippen LogP contribution in [0.3, 0.4) is 0 Å². The zero-order valence-corrected chi connectivity index (χ0v) is 23.7. The van der Waals surface area contributed by atoms with Crippen molar-refractivity contribution in [2.24, 2.45) is 0 Å². The number of ether oxygens (including phenoxy) is 2. The molecule has 0 saturated carbocycles. The number of nitrogens with one attached hydrogen (secondary N) is 1. The van der Waals surface area contributed by atoms with Gasteiger partial charge in [-0.2, -0.15) is 0 Å². The Balaban J connectivity index is 2.05. The van der Waals surface area contributed by atoms with E-state index in [4.69, 9.17) is 9.47 Å². The van der Waals surface area contributed by atoms with Crippen LogP contribution in [-0.2, 0) is 14.3 Å². The predicted octanol–water partition coefficient (Wildman–Crippen LogP) is 7.38. The van der Waals surface area contributed by atoms with E-state index in [2.05, 4.69) is 73.0 Å². The third-order valence-corrected chi connectivity index (χ3v) is 5.66. The monoisotopic (exact) mass is 537 g/mol. The van der Waals surface area contributed by atoms with Crippen LogP contribution < -0.4 is 5.32 Å². The fourth-order valence-corrected chi connectivity index (χ4v) is 3.48. The standard InChI is InChI=1S/C33H47NO5/c1-3-5-6-7-8-9-10-11-12-13-14-15-16-17-18-19-20-23-27-38-31(4-2)33(37)39-28-26-34-32(36)29-24-21-22-25-30(29)35/h5-6,8-9,11-12,14-15,17-18,21-22,24-25,31,35H,3-4,7,10,13,16,19-20,23,26-28H2,1-2H3,(H,34,36)/t31-/m0/s1. The Hall–Kier alpha value is -3.38. The first kappa shape index (κ1) is 33.6. The second-order valence-corrected chi connectivity index (χ2v) is 8.91. The maximum atomic E-state index is 12.2. The van der Waals surface area contributed by atoms with Crippen molar-refractivity contribution < 1.29 is 24.2 Å². The molecular formula is C33H47NO5. The van der Waals surface area contributed by atoms with Gasteiger partial charge in [0.25, 0.3) is 5.91 Å². The lowest BCUT2D eigenvalue weighted by Crippen LogP contribution is -2.31. The number of para-hydroxylation sites is 1. The lowest BCUT2D eigenvalue weighted by atomic mass is 10.2. The third-order valence-electron chi connectivity index (χ3n) is 5.66. The van der Waals surface area contributed by atoms with E-state index in [-0.39, 0.29) is 24.5 Å². The van der Waals surface area contributed by atoms with E-state index in [9.17, 15) is 14.7 Å². The first-order valence-electron chi connectivity index (χ1n) is 14.2. The van der Waals surface area contributed by atoms with Gasteiger partial charge < -0.3 is 19.9 Å². The largest absolute Gasteiger partial charge is 0.507 e. The molecule has 0 radical (unpaired) electrons. The molecule has 1 rings (SSSR count). The number of rotatable bonds is 21. The van der Waals surface area contributed by atoms with Crippen molar-refractivity contribution in [1.29, 1.82) is 0 Å². The van der Waals surface area contributed by atoms with E-state index in [1.54, 1.807) is 12.1 Å². The number of aromatic hydroxyl groups is 1. The normalized spacial score (nSPS) is 12.9. The molecule has 39 heavy (non-hydrogen) atoms. The lowest BCUT2D eigenvalue weighted by molar-refractivity contribution is -0.157. The first-order valence-corrected chi connectivity index (χ1v) is 14.2. The summed E-state index contributed by atoms with van der Waals surface area (Å²) in [4.78, 5) is 24.3. The van der Waals surface area contributed by atoms with Gasteiger partial charge in [-0.15, -0.1) is 0 Å². The number of benzene rings is 1. The third kappa shape index (κ3) is 17.7. The number of amides is 1. The fraction of sp³-hybridized carbons (Fsp3) is 0.455. The number of allylic oxidation sites excluding steroid dienone is 10. The quantitative estimate of drug-likeness (QED) is 0.0971. The zero-order valence-electron chi connectivity index (χ0n) is 23.7. The minimum absolute atomic E-state index is 0.0438. The second kappa shape index (κ2) is 23.7. The predicted molar refractivity (Wildman–Crippen MR) is 160 cm³/mol. The molecule has 214 valence electrons. The van der Waals surface area contributed by atoms with Gasteiger partial charge in [0.2, 0.25) is 0 Å². The Bertz CT molecular complexity index is 945. The zero-order chi connectivity index (χ0) is 28.4. The number of carbonyl (C=O) groups is 2. The Morgan fingerprint density at radius 3 is 2.00 bits per heavy atom. The highest BCUT2D eigenvalue weighted by Crippen LogP contribution is 2.14. The van der Waals surface area contributed by atoms with Gasteiger partial charge in [0.1, 0.15) is 12.4 Å². The lowest BCUT2D eigenvalue weighted by Gasteiger charge is -2.15. The van der Waals surface area contributed by atoms with Gasteiger partial charge in [-0.05, 0) is 69.9 Å². The first-order chi connectivity index (χ1) is 19.1. The molecule has 1 aromatic rings. The summed E-state index contributed by atoms with van der Waals surface area (Å²) in [5.41, 5.74) is 0.183. The number of hydrogen-bond donors (Lipinski definition) is 2. The molecular weight excluding hydrogens is 490 g/mol. The van der Waals surface area contributed by atoms with Crippen LogP contribution >= 0.6 is 0 Å². The summed E-state index contributed by atoms with van der Waals surface area (Å²) in [6.07, 6.45) is 29.7. The van der Waals surface area contributed by atoms with Crippen LogP contribution in [0.25, 0.3) is 0 Å². The van der Waals surface area contributed by atoms with E-state index in [0.29, 0.717) is 13.0 Å². The number of phenolic OH excluding ortho intramolecular Hbond substituents is 1. The summed E-state index contributed by atoms with van der Waals surface area (Å²) >= 11 is 0. The van der Waals surface area contributed by atoms with Crippen molar-refractivity contribution in [2.75, 3.05) is 19.8 Å². The van der Waals surface area contributed by atoms with Gasteiger partial charge in [0, 0.05) is 6.61 Å². The Morgan fingerprint density at radius 2 is 1.41 bits per heavy atom. The van der Waals surface area contributed by atoms with Gasteiger partial charge in [0.15, 0.2) is 6.10 Å². The Labute approximate surface area is 235 Å². The summed E-state index contributed by atoms with van der Waals surface area (Å²) < 4.78 is 10.9. The molecule has 0 saturated heterocycles. The molecule has 1 aromatic carbocycles. The summed E-state index contributed by atoms with van der Waals surface area (Å²) in [5.74, 6) is -0.931. The Morgan fingerprint density at radius 1 is 0.821 bits per heavy atom. The SMILES string of the molecule is CCC=CCC=CCC=CCC=CCC=CCCCCO[C@@H](CC)C(=O)OCCNC(=O)c1ccccc1O. The molecule has 0 bridgehead atoms. The van der Waals surface area contributed by atoms with Crippen molar-refractivity contribution in [3.63, 3.8) is 0 Å². The number of phenols is 1. The highest BCUT2D eigenvalue weighted by Gasteiger charge is 2.18. The van der Waals surface area contributed by atoms with Gasteiger partial charge in [-0.1, -0.05) is 86.7 Å². The number of carbonyl (C=O) groups excluding carboxylic acids is 2. The van der Waals surface area contributed by atoms with Crippen molar-refractivity contribution in [3.8, 4) is 5.75 Å². The van der Waals surface area contributed by atoms with Crippen molar-refractivity contribution in [2.45, 2.75) is 77.7 Å². The molecule has 6 nitrogen and oxygen atoms in total. The van der Waals surface area contributed by atoms with Crippen LogP contribution in [-0.4, -0.2) is 42.8 Å². The molecule has 1 amide bonds. The molecule has 1 atom stereocenters. The summed E-state index contributed by atoms with van der Waals surface area (Å²) in [6.45, 7) is 4.72. The highest BCUT2D eigenvalue weighted by molar-refractivity contribution is 5.96. The number of esters is 1. The average molecular weight is 538 g/mol. The summed E-state index contributed by atoms with van der Waals surface area (Å²) in [6, 6.07) is 6.28. The van der Waals surface area contributed by atoms with Gasteiger partial charge in [-0.3, -0.25) is 4.79 Å². The molecule has 0 spiro atoms. The fourth-order valence-electron chi connectivity index (χ4n) is 3.48. The number of unbranched alkanes of at least 4 members (excludes halogenated alkanes) is 2.